The average molecular weight is 302 g/mol. The summed E-state index contributed by atoms with van der Waals surface area (Å²) < 4.78 is 5.19. The molecule has 0 fully saturated rings. The van der Waals surface area contributed by atoms with Crippen LogP contribution >= 0.6 is 11.6 Å². The van der Waals surface area contributed by atoms with Crippen LogP contribution in [-0.4, -0.2) is 20.1 Å². The monoisotopic (exact) mass is 301 g/mol. The van der Waals surface area contributed by atoms with Crippen molar-refractivity contribution in [1.29, 1.82) is 0 Å². The van der Waals surface area contributed by atoms with Crippen molar-refractivity contribution in [2.24, 2.45) is 0 Å². The van der Waals surface area contributed by atoms with Crippen molar-refractivity contribution >= 4 is 17.3 Å². The third-order valence-corrected chi connectivity index (χ3v) is 2.98. The number of halogens is 1. The van der Waals surface area contributed by atoms with Gasteiger partial charge >= 0.3 is 0 Å². The summed E-state index contributed by atoms with van der Waals surface area (Å²) in [6.07, 6.45) is 1.66. The molecular weight excluding hydrogens is 290 g/mol. The van der Waals surface area contributed by atoms with Crippen LogP contribution in [0.2, 0.25) is 5.02 Å². The van der Waals surface area contributed by atoms with Gasteiger partial charge in [0.15, 0.2) is 0 Å². The zero-order valence-electron chi connectivity index (χ0n) is 11.2. The second-order valence-electron chi connectivity index (χ2n) is 4.36. The molecule has 0 aliphatic carbocycles. The van der Waals surface area contributed by atoms with Crippen molar-refractivity contribution in [2.45, 2.75) is 13.5 Å². The number of anilines is 1. The van der Waals surface area contributed by atoms with Crippen LogP contribution in [0.3, 0.4) is 0 Å². The fourth-order valence-electron chi connectivity index (χ4n) is 1.79. The number of benzene rings is 1. The summed E-state index contributed by atoms with van der Waals surface area (Å²) in [5.41, 5.74) is 1.53. The number of aryl methyl sites for hydroxylation is 1. The predicted octanol–water partition coefficient (Wildman–Crippen LogP) is 3.10. The molecule has 3 aromatic rings. The molecule has 2 heterocycles. The van der Waals surface area contributed by atoms with Crippen molar-refractivity contribution in [3.63, 3.8) is 0 Å². The Morgan fingerprint density at radius 2 is 2.14 bits per heavy atom. The van der Waals surface area contributed by atoms with E-state index in [1.54, 1.807) is 12.3 Å². The molecule has 2 aromatic heterocycles. The maximum Gasteiger partial charge on any atom is 0.246 e. The van der Waals surface area contributed by atoms with E-state index in [4.69, 9.17) is 16.1 Å². The molecular formula is C14H12ClN5O. The van der Waals surface area contributed by atoms with E-state index in [9.17, 15) is 0 Å². The van der Waals surface area contributed by atoms with E-state index in [1.165, 1.54) is 0 Å². The van der Waals surface area contributed by atoms with Crippen LogP contribution in [0, 0.1) is 6.92 Å². The first-order valence-electron chi connectivity index (χ1n) is 6.33. The molecule has 0 amide bonds. The molecule has 0 saturated carbocycles. The zero-order valence-corrected chi connectivity index (χ0v) is 12.0. The Morgan fingerprint density at radius 3 is 2.95 bits per heavy atom. The van der Waals surface area contributed by atoms with Crippen LogP contribution in [0.5, 0.6) is 0 Å². The third-order valence-electron chi connectivity index (χ3n) is 2.74. The molecule has 0 aliphatic rings. The topological polar surface area (TPSA) is 76.7 Å². The summed E-state index contributed by atoms with van der Waals surface area (Å²) in [6.45, 7) is 2.22. The van der Waals surface area contributed by atoms with E-state index in [1.807, 2.05) is 31.2 Å². The lowest BCUT2D eigenvalue weighted by atomic mass is 10.3. The van der Waals surface area contributed by atoms with Crippen molar-refractivity contribution < 1.29 is 4.52 Å². The van der Waals surface area contributed by atoms with Gasteiger partial charge in [0.1, 0.15) is 11.5 Å². The quantitative estimate of drug-likeness (QED) is 0.798. The number of hydrogen-bond donors (Lipinski definition) is 1. The minimum absolute atomic E-state index is 0.414. The Kier molecular flexibility index (Phi) is 3.79. The Balaban J connectivity index is 1.71. The lowest BCUT2D eigenvalue weighted by molar-refractivity contribution is 0.384. The highest BCUT2D eigenvalue weighted by Gasteiger charge is 2.10. The Morgan fingerprint density at radius 1 is 1.24 bits per heavy atom. The first kappa shape index (κ1) is 13.5. The number of rotatable bonds is 4. The Hall–Kier alpha value is -2.47. The van der Waals surface area contributed by atoms with Gasteiger partial charge in [0, 0.05) is 16.9 Å². The molecule has 0 atom stereocenters. The molecule has 7 heteroatoms. The van der Waals surface area contributed by atoms with Crippen molar-refractivity contribution in [1.82, 2.24) is 20.1 Å². The first-order chi connectivity index (χ1) is 10.2. The predicted molar refractivity (Wildman–Crippen MR) is 78.8 cm³/mol. The number of aromatic nitrogens is 4. The second kappa shape index (κ2) is 5.88. The lowest BCUT2D eigenvalue weighted by Crippen LogP contribution is -1.99. The molecule has 0 spiro atoms. The molecule has 0 bridgehead atoms. The van der Waals surface area contributed by atoms with Crippen LogP contribution in [-0.2, 0) is 6.54 Å². The standard InChI is InChI=1S/C14H12ClN5O/c1-9-16-6-5-12(18-9)14-19-13(21-20-14)8-17-11-4-2-3-10(15)7-11/h2-7,17H,8H2,1H3. The highest BCUT2D eigenvalue weighted by Crippen LogP contribution is 2.16. The van der Waals surface area contributed by atoms with Crippen LogP contribution in [0.25, 0.3) is 11.5 Å². The minimum Gasteiger partial charge on any atom is -0.376 e. The molecule has 21 heavy (non-hydrogen) atoms. The summed E-state index contributed by atoms with van der Waals surface area (Å²) >= 11 is 5.92. The van der Waals surface area contributed by atoms with E-state index in [2.05, 4.69) is 25.4 Å². The summed E-state index contributed by atoms with van der Waals surface area (Å²) in [6, 6.07) is 9.16. The van der Waals surface area contributed by atoms with Gasteiger partial charge in [-0.25, -0.2) is 9.97 Å². The molecule has 6 nitrogen and oxygen atoms in total. The average Bonchev–Trinajstić information content (AvgIpc) is 2.94. The van der Waals surface area contributed by atoms with Crippen LogP contribution in [0.15, 0.2) is 41.1 Å². The van der Waals surface area contributed by atoms with Gasteiger partial charge in [-0.05, 0) is 31.2 Å². The lowest BCUT2D eigenvalue weighted by Gasteiger charge is -2.02. The maximum atomic E-state index is 5.92. The van der Waals surface area contributed by atoms with Gasteiger partial charge in [-0.2, -0.15) is 4.98 Å². The molecule has 0 saturated heterocycles. The van der Waals surface area contributed by atoms with Crippen LogP contribution in [0.4, 0.5) is 5.69 Å². The normalized spacial score (nSPS) is 10.6. The number of nitrogens with one attached hydrogen (secondary N) is 1. The smallest absolute Gasteiger partial charge is 0.246 e. The second-order valence-corrected chi connectivity index (χ2v) is 4.80. The first-order valence-corrected chi connectivity index (χ1v) is 6.70. The van der Waals surface area contributed by atoms with Crippen molar-refractivity contribution in [3.8, 4) is 11.5 Å². The van der Waals surface area contributed by atoms with Gasteiger partial charge in [-0.1, -0.05) is 22.8 Å². The molecule has 0 aliphatic heterocycles. The van der Waals surface area contributed by atoms with Gasteiger partial charge in [-0.3, -0.25) is 0 Å². The molecule has 0 radical (unpaired) electrons. The van der Waals surface area contributed by atoms with E-state index < -0.39 is 0 Å². The van der Waals surface area contributed by atoms with Crippen molar-refractivity contribution in [2.75, 3.05) is 5.32 Å². The van der Waals surface area contributed by atoms with Gasteiger partial charge in [-0.15, -0.1) is 0 Å². The molecule has 1 N–H and O–H groups in total. The van der Waals surface area contributed by atoms with Crippen LogP contribution in [0.1, 0.15) is 11.7 Å². The number of nitrogens with zero attached hydrogens (tertiary/aromatic N) is 4. The zero-order chi connectivity index (χ0) is 14.7. The van der Waals surface area contributed by atoms with E-state index in [0.29, 0.717) is 34.8 Å². The maximum absolute atomic E-state index is 5.92. The highest BCUT2D eigenvalue weighted by atomic mass is 35.5. The molecule has 3 rings (SSSR count). The Bertz CT molecular complexity index is 758. The summed E-state index contributed by atoms with van der Waals surface area (Å²) in [4.78, 5) is 12.6. The van der Waals surface area contributed by atoms with E-state index >= 15 is 0 Å². The van der Waals surface area contributed by atoms with Gasteiger partial charge in [0.05, 0.1) is 6.54 Å². The fourth-order valence-corrected chi connectivity index (χ4v) is 1.98. The largest absolute Gasteiger partial charge is 0.376 e. The van der Waals surface area contributed by atoms with Crippen molar-refractivity contribution in [3.05, 3.63) is 53.3 Å². The fraction of sp³-hybridized carbons (Fsp3) is 0.143. The molecule has 106 valence electrons. The SMILES string of the molecule is Cc1nccc(-c2noc(CNc3cccc(Cl)c3)n2)n1. The van der Waals surface area contributed by atoms with Gasteiger partial charge < -0.3 is 9.84 Å². The minimum atomic E-state index is 0.414. The van der Waals surface area contributed by atoms with Crippen LogP contribution < -0.4 is 5.32 Å². The molecule has 0 unspecified atom stereocenters. The summed E-state index contributed by atoms with van der Waals surface area (Å²) in [5, 5.41) is 7.75. The summed E-state index contributed by atoms with van der Waals surface area (Å²) in [5.74, 6) is 1.58. The van der Waals surface area contributed by atoms with Gasteiger partial charge in [0.2, 0.25) is 11.7 Å². The van der Waals surface area contributed by atoms with Gasteiger partial charge in [0.25, 0.3) is 0 Å². The Labute approximate surface area is 126 Å². The molecule has 1 aromatic carbocycles. The highest BCUT2D eigenvalue weighted by molar-refractivity contribution is 6.30. The number of hydrogen-bond acceptors (Lipinski definition) is 6. The van der Waals surface area contributed by atoms with E-state index in [-0.39, 0.29) is 0 Å². The van der Waals surface area contributed by atoms with E-state index in [0.717, 1.165) is 5.69 Å². The summed E-state index contributed by atoms with van der Waals surface area (Å²) in [7, 11) is 0. The third kappa shape index (κ3) is 3.35.